The number of aryl methyl sites for hydroxylation is 1. The van der Waals surface area contributed by atoms with E-state index in [0.717, 1.165) is 27.8 Å². The van der Waals surface area contributed by atoms with E-state index in [-0.39, 0.29) is 12.2 Å². The summed E-state index contributed by atoms with van der Waals surface area (Å²) in [6, 6.07) is 22.4. The number of nitrogens with zero attached hydrogens (tertiary/aromatic N) is 3. The van der Waals surface area contributed by atoms with Gasteiger partial charge >= 0.3 is 5.97 Å². The highest BCUT2D eigenvalue weighted by atomic mass is 32.1. The average molecular weight is 467 g/mol. The molecular formula is C27H22N4O2S. The van der Waals surface area contributed by atoms with Crippen molar-refractivity contribution in [1.29, 1.82) is 0 Å². The van der Waals surface area contributed by atoms with E-state index >= 15 is 0 Å². The number of hydrogen-bond donors (Lipinski definition) is 1. The van der Waals surface area contributed by atoms with Crippen molar-refractivity contribution in [3.05, 3.63) is 89.4 Å². The molecule has 0 saturated heterocycles. The smallest absolute Gasteiger partial charge is 0.343 e. The summed E-state index contributed by atoms with van der Waals surface area (Å²) in [4.78, 5) is 26.3. The second-order valence-electron chi connectivity index (χ2n) is 7.77. The minimum atomic E-state index is -0.480. The molecule has 7 heteroatoms. The molecule has 2 heterocycles. The van der Waals surface area contributed by atoms with Crippen LogP contribution in [0.4, 0.5) is 10.9 Å². The molecule has 0 aliphatic rings. The molecule has 0 amide bonds. The largest absolute Gasteiger partial charge is 0.462 e. The predicted molar refractivity (Wildman–Crippen MR) is 137 cm³/mol. The van der Waals surface area contributed by atoms with Gasteiger partial charge in [-0.2, -0.15) is 0 Å². The van der Waals surface area contributed by atoms with Crippen LogP contribution in [0.5, 0.6) is 0 Å². The Bertz CT molecular complexity index is 1500. The maximum absolute atomic E-state index is 12.5. The summed E-state index contributed by atoms with van der Waals surface area (Å²) in [7, 11) is 0. The quantitative estimate of drug-likeness (QED) is 0.282. The second-order valence-corrected chi connectivity index (χ2v) is 8.63. The first kappa shape index (κ1) is 21.7. The van der Waals surface area contributed by atoms with E-state index in [0.29, 0.717) is 16.8 Å². The number of rotatable bonds is 6. The first-order valence-electron chi connectivity index (χ1n) is 10.9. The molecule has 0 bridgehead atoms. The molecule has 0 saturated carbocycles. The monoisotopic (exact) mass is 466 g/mol. The normalized spacial score (nSPS) is 10.9. The number of anilines is 2. The highest BCUT2D eigenvalue weighted by molar-refractivity contribution is 7.14. The van der Waals surface area contributed by atoms with Crippen molar-refractivity contribution >= 4 is 39.0 Å². The van der Waals surface area contributed by atoms with Crippen LogP contribution in [-0.2, 0) is 4.74 Å². The van der Waals surface area contributed by atoms with Crippen molar-refractivity contribution in [3.8, 4) is 22.6 Å². The van der Waals surface area contributed by atoms with Gasteiger partial charge in [0.2, 0.25) is 0 Å². The topological polar surface area (TPSA) is 77.0 Å². The minimum Gasteiger partial charge on any atom is -0.462 e. The molecule has 2 aromatic heterocycles. The summed E-state index contributed by atoms with van der Waals surface area (Å²) in [5.74, 6) is 0.405. The molecule has 1 N–H and O–H groups in total. The first-order valence-corrected chi connectivity index (χ1v) is 11.8. The number of thiazole rings is 1. The Labute approximate surface area is 201 Å². The van der Waals surface area contributed by atoms with E-state index in [2.05, 4.69) is 45.6 Å². The van der Waals surface area contributed by atoms with Gasteiger partial charge in [-0.25, -0.2) is 19.7 Å². The van der Waals surface area contributed by atoms with Crippen LogP contribution >= 0.6 is 11.3 Å². The fourth-order valence-electron chi connectivity index (χ4n) is 3.67. The molecular weight excluding hydrogens is 444 g/mol. The van der Waals surface area contributed by atoms with E-state index in [1.807, 2.05) is 48.7 Å². The zero-order chi connectivity index (χ0) is 23.5. The Kier molecular flexibility index (Phi) is 6.01. The van der Waals surface area contributed by atoms with Gasteiger partial charge in [-0.15, -0.1) is 11.3 Å². The molecule has 34 heavy (non-hydrogen) atoms. The standard InChI is InChI=1S/C27H22N4O2S/c1-3-33-26(32)22-15-28-24(21-10-6-7-17(2)13-21)30-25(22)31-27-29-23(16-34-27)20-12-11-18-8-4-5-9-19(18)14-20/h4-16H,3H2,1-2H3,(H,28,29,30,31). The molecule has 0 spiro atoms. The molecule has 0 unspecified atom stereocenters. The molecule has 0 radical (unpaired) electrons. The summed E-state index contributed by atoms with van der Waals surface area (Å²) >= 11 is 1.45. The summed E-state index contributed by atoms with van der Waals surface area (Å²) < 4.78 is 5.21. The minimum absolute atomic E-state index is 0.265. The second kappa shape index (κ2) is 9.41. The zero-order valence-corrected chi connectivity index (χ0v) is 19.6. The number of benzene rings is 3. The van der Waals surface area contributed by atoms with E-state index in [1.165, 1.54) is 22.9 Å². The van der Waals surface area contributed by atoms with E-state index in [9.17, 15) is 4.79 Å². The van der Waals surface area contributed by atoms with Crippen molar-refractivity contribution in [3.63, 3.8) is 0 Å². The third kappa shape index (κ3) is 4.51. The Hall–Kier alpha value is -4.10. The van der Waals surface area contributed by atoms with Crippen LogP contribution in [0.25, 0.3) is 33.4 Å². The van der Waals surface area contributed by atoms with Crippen molar-refractivity contribution in [1.82, 2.24) is 15.0 Å². The number of carbonyl (C=O) groups excluding carboxylic acids is 1. The van der Waals surface area contributed by atoms with Crippen LogP contribution in [-0.4, -0.2) is 27.5 Å². The van der Waals surface area contributed by atoms with Gasteiger partial charge in [0.25, 0.3) is 0 Å². The lowest BCUT2D eigenvalue weighted by molar-refractivity contribution is 0.0526. The molecule has 5 rings (SSSR count). The first-order chi connectivity index (χ1) is 16.6. The van der Waals surface area contributed by atoms with Crippen molar-refractivity contribution in [2.24, 2.45) is 0 Å². The van der Waals surface area contributed by atoms with Gasteiger partial charge in [-0.1, -0.05) is 60.2 Å². The lowest BCUT2D eigenvalue weighted by Gasteiger charge is -2.10. The Morgan fingerprint density at radius 2 is 1.82 bits per heavy atom. The van der Waals surface area contributed by atoms with Crippen molar-refractivity contribution in [2.45, 2.75) is 13.8 Å². The van der Waals surface area contributed by atoms with Crippen molar-refractivity contribution in [2.75, 3.05) is 11.9 Å². The van der Waals surface area contributed by atoms with Gasteiger partial charge in [-0.05, 0) is 36.8 Å². The average Bonchev–Trinajstić information content (AvgIpc) is 3.32. The lowest BCUT2D eigenvalue weighted by atomic mass is 10.1. The summed E-state index contributed by atoms with van der Waals surface area (Å²) in [6.45, 7) is 4.05. The predicted octanol–water partition coefficient (Wildman–Crippen LogP) is 6.65. The van der Waals surface area contributed by atoms with E-state index in [1.54, 1.807) is 6.92 Å². The summed E-state index contributed by atoms with van der Waals surface area (Å²) in [5, 5.41) is 8.17. The van der Waals surface area contributed by atoms with Gasteiger partial charge in [0.05, 0.1) is 12.3 Å². The molecule has 0 atom stereocenters. The number of nitrogens with one attached hydrogen (secondary N) is 1. The van der Waals surface area contributed by atoms with Gasteiger partial charge in [-0.3, -0.25) is 0 Å². The van der Waals surface area contributed by atoms with Crippen LogP contribution in [0.3, 0.4) is 0 Å². The van der Waals surface area contributed by atoms with Gasteiger partial charge in [0, 0.05) is 22.7 Å². The number of carbonyl (C=O) groups is 1. The lowest BCUT2D eigenvalue weighted by Crippen LogP contribution is -2.11. The van der Waals surface area contributed by atoms with Gasteiger partial charge in [0.1, 0.15) is 5.56 Å². The van der Waals surface area contributed by atoms with Crippen LogP contribution in [0.2, 0.25) is 0 Å². The number of aromatic nitrogens is 3. The van der Waals surface area contributed by atoms with Crippen LogP contribution < -0.4 is 5.32 Å². The zero-order valence-electron chi connectivity index (χ0n) is 18.8. The summed E-state index contributed by atoms with van der Waals surface area (Å²) in [6.07, 6.45) is 1.50. The molecule has 0 aliphatic carbocycles. The van der Waals surface area contributed by atoms with E-state index < -0.39 is 5.97 Å². The summed E-state index contributed by atoms with van der Waals surface area (Å²) in [5.41, 5.74) is 4.11. The van der Waals surface area contributed by atoms with Crippen LogP contribution in [0, 0.1) is 6.92 Å². The molecule has 168 valence electrons. The Morgan fingerprint density at radius 3 is 2.65 bits per heavy atom. The van der Waals surface area contributed by atoms with Crippen LogP contribution in [0.1, 0.15) is 22.8 Å². The Balaban J connectivity index is 1.49. The molecule has 3 aromatic carbocycles. The SMILES string of the molecule is CCOC(=O)c1cnc(-c2cccc(C)c2)nc1Nc1nc(-c2ccc3ccccc3c2)cs1. The number of fused-ring (bicyclic) bond motifs is 1. The number of esters is 1. The maximum Gasteiger partial charge on any atom is 0.343 e. The van der Waals surface area contributed by atoms with Gasteiger partial charge < -0.3 is 10.1 Å². The maximum atomic E-state index is 12.5. The number of hydrogen-bond acceptors (Lipinski definition) is 7. The molecule has 6 nitrogen and oxygen atoms in total. The molecule has 0 aliphatic heterocycles. The Morgan fingerprint density at radius 1 is 0.971 bits per heavy atom. The third-order valence-corrected chi connectivity index (χ3v) is 6.09. The fourth-order valence-corrected chi connectivity index (χ4v) is 4.39. The number of ether oxygens (including phenoxy) is 1. The molecule has 5 aromatic rings. The highest BCUT2D eigenvalue weighted by Crippen LogP contribution is 2.30. The van der Waals surface area contributed by atoms with Gasteiger partial charge in [0.15, 0.2) is 16.8 Å². The van der Waals surface area contributed by atoms with Crippen molar-refractivity contribution < 1.29 is 9.53 Å². The highest BCUT2D eigenvalue weighted by Gasteiger charge is 2.18. The molecule has 0 fully saturated rings. The fraction of sp³-hybridized carbons (Fsp3) is 0.111. The van der Waals surface area contributed by atoms with Crippen LogP contribution in [0.15, 0.2) is 78.3 Å². The third-order valence-electron chi connectivity index (χ3n) is 5.34. The van der Waals surface area contributed by atoms with E-state index in [4.69, 9.17) is 9.72 Å².